The third-order valence-electron chi connectivity index (χ3n) is 5.12. The summed E-state index contributed by atoms with van der Waals surface area (Å²) >= 11 is 0. The van der Waals surface area contributed by atoms with Crippen molar-refractivity contribution < 1.29 is 4.74 Å². The van der Waals surface area contributed by atoms with Gasteiger partial charge in [0.2, 0.25) is 0 Å². The van der Waals surface area contributed by atoms with Crippen LogP contribution in [0, 0.1) is 12.8 Å². The molecule has 0 aliphatic heterocycles. The van der Waals surface area contributed by atoms with Crippen molar-refractivity contribution in [3.63, 3.8) is 0 Å². The van der Waals surface area contributed by atoms with Gasteiger partial charge in [-0.2, -0.15) is 0 Å². The third kappa shape index (κ3) is 3.87. The predicted octanol–water partition coefficient (Wildman–Crippen LogP) is 6.29. The van der Waals surface area contributed by atoms with Crippen molar-refractivity contribution in [2.75, 3.05) is 0 Å². The summed E-state index contributed by atoms with van der Waals surface area (Å²) in [4.78, 5) is 0. The molecule has 1 nitrogen and oxygen atoms in total. The first-order chi connectivity index (χ1) is 12.1. The average molecular weight is 332 g/mol. The molecular weight excluding hydrogens is 304 g/mol. The molecule has 1 heteroatoms. The number of hydrogen-bond donors (Lipinski definition) is 0. The Morgan fingerprint density at radius 1 is 1.12 bits per heavy atom. The van der Waals surface area contributed by atoms with Crippen LogP contribution in [0.5, 0.6) is 5.75 Å². The van der Waals surface area contributed by atoms with Gasteiger partial charge in [0.05, 0.1) is 0 Å². The molecule has 0 spiro atoms. The van der Waals surface area contributed by atoms with Gasteiger partial charge in [-0.25, -0.2) is 0 Å². The Labute approximate surface area is 152 Å². The zero-order valence-electron chi connectivity index (χ0n) is 15.8. The zero-order valence-corrected chi connectivity index (χ0v) is 15.8. The summed E-state index contributed by atoms with van der Waals surface area (Å²) in [5.74, 6) is 1.74. The Bertz CT molecular complexity index is 811. The molecule has 0 heterocycles. The summed E-state index contributed by atoms with van der Waals surface area (Å²) < 4.78 is 6.12. The summed E-state index contributed by atoms with van der Waals surface area (Å²) in [6.45, 7) is 9.26. The summed E-state index contributed by atoms with van der Waals surface area (Å²) in [6.07, 6.45) is 8.79. The first-order valence-electron chi connectivity index (χ1n) is 9.24. The van der Waals surface area contributed by atoms with E-state index in [0.29, 0.717) is 6.61 Å². The van der Waals surface area contributed by atoms with Crippen molar-refractivity contribution in [2.45, 2.75) is 47.1 Å². The largest absolute Gasteiger partial charge is 0.489 e. The first-order valence-corrected chi connectivity index (χ1v) is 9.24. The Hall–Kier alpha value is -2.28. The Balaban J connectivity index is 1.77. The molecule has 3 rings (SSSR count). The minimum Gasteiger partial charge on any atom is -0.489 e. The van der Waals surface area contributed by atoms with Gasteiger partial charge in [-0.1, -0.05) is 49.4 Å². The summed E-state index contributed by atoms with van der Waals surface area (Å²) in [6, 6.07) is 13.1. The lowest BCUT2D eigenvalue weighted by molar-refractivity contribution is 0.305. The molecule has 0 bridgehead atoms. The van der Waals surface area contributed by atoms with Gasteiger partial charge in [-0.05, 0) is 85.1 Å². The monoisotopic (exact) mass is 332 g/mol. The highest BCUT2D eigenvalue weighted by Crippen LogP contribution is 2.30. The second-order valence-electron chi connectivity index (χ2n) is 7.07. The maximum atomic E-state index is 6.12. The molecule has 0 amide bonds. The van der Waals surface area contributed by atoms with Crippen LogP contribution in [-0.2, 0) is 19.4 Å². The van der Waals surface area contributed by atoms with Crippen LogP contribution < -0.4 is 4.74 Å². The molecule has 25 heavy (non-hydrogen) atoms. The lowest BCUT2D eigenvalue weighted by Crippen LogP contribution is -2.01. The van der Waals surface area contributed by atoms with Gasteiger partial charge in [-0.3, -0.25) is 0 Å². The van der Waals surface area contributed by atoms with Crippen LogP contribution >= 0.6 is 0 Å². The number of hydrogen-bond acceptors (Lipinski definition) is 1. The van der Waals surface area contributed by atoms with E-state index in [2.05, 4.69) is 82.3 Å². The van der Waals surface area contributed by atoms with Crippen LogP contribution in [-0.4, -0.2) is 0 Å². The number of allylic oxidation sites excluding steroid dienone is 4. The van der Waals surface area contributed by atoms with E-state index in [0.717, 1.165) is 11.7 Å². The van der Waals surface area contributed by atoms with Crippen molar-refractivity contribution in [1.82, 2.24) is 0 Å². The fraction of sp³-hybridized carbons (Fsp3) is 0.333. The molecule has 0 aromatic heterocycles. The van der Waals surface area contributed by atoms with E-state index in [1.165, 1.54) is 46.2 Å². The molecule has 1 unspecified atom stereocenters. The van der Waals surface area contributed by atoms with E-state index in [1.807, 2.05) is 0 Å². The standard InChI is InChI=1S/C24H28O/c1-5-8-19(6-2)24-10-7-9-21(18(24)4)16-25-23-12-11-20-13-17(3)14-22(20)15-23/h5-12,15,17H,13-14,16H2,1-4H3/b8-5-,19-6+. The van der Waals surface area contributed by atoms with E-state index < -0.39 is 0 Å². The maximum absolute atomic E-state index is 6.12. The van der Waals surface area contributed by atoms with E-state index in [-0.39, 0.29) is 0 Å². The molecule has 1 aliphatic rings. The van der Waals surface area contributed by atoms with Crippen molar-refractivity contribution >= 4 is 5.57 Å². The van der Waals surface area contributed by atoms with E-state index in [1.54, 1.807) is 0 Å². The van der Waals surface area contributed by atoms with E-state index >= 15 is 0 Å². The molecule has 0 saturated heterocycles. The molecular formula is C24H28O. The molecule has 0 fully saturated rings. The highest BCUT2D eigenvalue weighted by Gasteiger charge is 2.18. The molecule has 0 radical (unpaired) electrons. The van der Waals surface area contributed by atoms with Crippen LogP contribution in [0.15, 0.2) is 54.6 Å². The molecule has 0 N–H and O–H groups in total. The maximum Gasteiger partial charge on any atom is 0.120 e. The van der Waals surface area contributed by atoms with Gasteiger partial charge in [0.15, 0.2) is 0 Å². The zero-order chi connectivity index (χ0) is 17.8. The fourth-order valence-corrected chi connectivity index (χ4v) is 3.74. The van der Waals surface area contributed by atoms with Crippen molar-refractivity contribution in [3.8, 4) is 5.75 Å². The van der Waals surface area contributed by atoms with Gasteiger partial charge < -0.3 is 4.74 Å². The van der Waals surface area contributed by atoms with Crippen LogP contribution in [0.1, 0.15) is 48.6 Å². The Kier molecular flexibility index (Phi) is 5.43. The minimum absolute atomic E-state index is 0.612. The third-order valence-corrected chi connectivity index (χ3v) is 5.12. The smallest absolute Gasteiger partial charge is 0.120 e. The van der Waals surface area contributed by atoms with Gasteiger partial charge in [0, 0.05) is 0 Å². The van der Waals surface area contributed by atoms with Crippen LogP contribution in [0.4, 0.5) is 0 Å². The predicted molar refractivity (Wildman–Crippen MR) is 107 cm³/mol. The summed E-state index contributed by atoms with van der Waals surface area (Å²) in [7, 11) is 0. The second kappa shape index (κ2) is 7.74. The molecule has 0 saturated carbocycles. The lowest BCUT2D eigenvalue weighted by atomic mass is 9.96. The van der Waals surface area contributed by atoms with E-state index in [4.69, 9.17) is 4.74 Å². The van der Waals surface area contributed by atoms with E-state index in [9.17, 15) is 0 Å². The molecule has 130 valence electrons. The minimum atomic E-state index is 0.612. The number of fused-ring (bicyclic) bond motifs is 1. The van der Waals surface area contributed by atoms with Gasteiger partial charge in [0.1, 0.15) is 12.4 Å². The molecule has 2 aromatic rings. The second-order valence-corrected chi connectivity index (χ2v) is 7.07. The average Bonchev–Trinajstić information content (AvgIpc) is 2.98. The van der Waals surface area contributed by atoms with Crippen molar-refractivity contribution in [1.29, 1.82) is 0 Å². The number of ether oxygens (including phenoxy) is 1. The van der Waals surface area contributed by atoms with Crippen LogP contribution in [0.2, 0.25) is 0 Å². The molecule has 1 aliphatic carbocycles. The SMILES string of the molecule is C/C=C\C(=C/C)c1cccc(COc2ccc3c(c2)CC(C)C3)c1C. The Morgan fingerprint density at radius 2 is 1.92 bits per heavy atom. The first kappa shape index (κ1) is 17.5. The van der Waals surface area contributed by atoms with Crippen LogP contribution in [0.3, 0.4) is 0 Å². The molecule has 2 aromatic carbocycles. The normalized spacial score (nSPS) is 17.1. The quantitative estimate of drug-likeness (QED) is 0.585. The molecule has 1 atom stereocenters. The topological polar surface area (TPSA) is 9.23 Å². The van der Waals surface area contributed by atoms with Crippen LogP contribution in [0.25, 0.3) is 5.57 Å². The van der Waals surface area contributed by atoms with Crippen molar-refractivity contribution in [3.05, 3.63) is 82.4 Å². The summed E-state index contributed by atoms with van der Waals surface area (Å²) in [5, 5.41) is 0. The number of rotatable bonds is 5. The highest BCUT2D eigenvalue weighted by atomic mass is 16.5. The van der Waals surface area contributed by atoms with Crippen molar-refractivity contribution in [2.24, 2.45) is 5.92 Å². The van der Waals surface area contributed by atoms with Gasteiger partial charge in [0.25, 0.3) is 0 Å². The highest BCUT2D eigenvalue weighted by molar-refractivity contribution is 5.76. The number of benzene rings is 2. The lowest BCUT2D eigenvalue weighted by Gasteiger charge is -2.14. The summed E-state index contributed by atoms with van der Waals surface area (Å²) in [5.41, 5.74) is 8.03. The van der Waals surface area contributed by atoms with Gasteiger partial charge in [-0.15, -0.1) is 0 Å². The van der Waals surface area contributed by atoms with Gasteiger partial charge >= 0.3 is 0 Å². The fourth-order valence-electron chi connectivity index (χ4n) is 3.74. The Morgan fingerprint density at radius 3 is 2.68 bits per heavy atom.